The first-order valence-electron chi connectivity index (χ1n) is 7.27. The van der Waals surface area contributed by atoms with Crippen molar-refractivity contribution in [2.24, 2.45) is 0 Å². The van der Waals surface area contributed by atoms with E-state index < -0.39 is 0 Å². The van der Waals surface area contributed by atoms with Crippen molar-refractivity contribution in [3.63, 3.8) is 0 Å². The molecule has 2 aromatic carbocycles. The lowest BCUT2D eigenvalue weighted by molar-refractivity contribution is 0.369. The van der Waals surface area contributed by atoms with Crippen LogP contribution in [0.25, 0.3) is 10.8 Å². The van der Waals surface area contributed by atoms with E-state index in [0.717, 1.165) is 17.5 Å². The second kappa shape index (κ2) is 6.96. The minimum Gasteiger partial charge on any atom is -0.508 e. The van der Waals surface area contributed by atoms with E-state index in [9.17, 15) is 5.11 Å². The fourth-order valence-corrected chi connectivity index (χ4v) is 2.98. The largest absolute Gasteiger partial charge is 0.508 e. The molecule has 0 saturated heterocycles. The van der Waals surface area contributed by atoms with Crippen LogP contribution in [0.2, 0.25) is 0 Å². The predicted molar refractivity (Wildman–Crippen MR) is 86.6 cm³/mol. The van der Waals surface area contributed by atoms with Crippen LogP contribution in [0.15, 0.2) is 36.4 Å². The smallest absolute Gasteiger partial charge is 0.120 e. The normalized spacial score (nSPS) is 16.0. The Bertz CT molecular complexity index is 564. The average molecular weight is 292 g/mol. The standard InChI is InChI=1S/C17H21NO.ClH/c19-17-11-14-7-5-4-6-13(14)10-15(17)12-18-16-8-2-1-3-9-16;/h4-7,10-11,16,18-19H,1-3,8-9,12H2;1H. The highest BCUT2D eigenvalue weighted by atomic mass is 35.5. The molecule has 3 rings (SSSR count). The first-order valence-corrected chi connectivity index (χ1v) is 7.27. The maximum absolute atomic E-state index is 10.1. The molecule has 0 bridgehead atoms. The van der Waals surface area contributed by atoms with Crippen LogP contribution in [-0.2, 0) is 6.54 Å². The predicted octanol–water partition coefficient (Wildman–Crippen LogP) is 4.39. The second-order valence-corrected chi connectivity index (χ2v) is 5.54. The molecule has 1 aliphatic carbocycles. The second-order valence-electron chi connectivity index (χ2n) is 5.54. The van der Waals surface area contributed by atoms with Gasteiger partial charge >= 0.3 is 0 Å². The molecule has 3 heteroatoms. The van der Waals surface area contributed by atoms with Gasteiger partial charge in [0, 0.05) is 18.2 Å². The highest BCUT2D eigenvalue weighted by Gasteiger charge is 2.13. The summed E-state index contributed by atoms with van der Waals surface area (Å²) >= 11 is 0. The number of benzene rings is 2. The van der Waals surface area contributed by atoms with Crippen LogP contribution in [-0.4, -0.2) is 11.1 Å². The highest BCUT2D eigenvalue weighted by Crippen LogP contribution is 2.25. The van der Waals surface area contributed by atoms with Crippen molar-refractivity contribution in [1.29, 1.82) is 0 Å². The third-order valence-electron chi connectivity index (χ3n) is 4.13. The first-order chi connectivity index (χ1) is 9.33. The summed E-state index contributed by atoms with van der Waals surface area (Å²) in [5.74, 6) is 0.405. The minimum atomic E-state index is 0. The van der Waals surface area contributed by atoms with Gasteiger partial charge in [-0.25, -0.2) is 0 Å². The molecule has 0 aromatic heterocycles. The molecule has 0 aliphatic heterocycles. The summed E-state index contributed by atoms with van der Waals surface area (Å²) in [5, 5.41) is 16.0. The number of halogens is 1. The lowest BCUT2D eigenvalue weighted by Crippen LogP contribution is -2.30. The Morgan fingerprint density at radius 2 is 1.65 bits per heavy atom. The Balaban J connectivity index is 0.00000147. The van der Waals surface area contributed by atoms with Gasteiger partial charge in [-0.05, 0) is 35.7 Å². The minimum absolute atomic E-state index is 0. The Kier molecular flexibility index (Phi) is 5.27. The highest BCUT2D eigenvalue weighted by molar-refractivity contribution is 5.85. The molecule has 0 radical (unpaired) electrons. The zero-order chi connectivity index (χ0) is 13.1. The SMILES string of the molecule is Cl.Oc1cc2ccccc2cc1CNC1CCCCC1. The molecule has 2 aromatic rings. The lowest BCUT2D eigenvalue weighted by atomic mass is 9.95. The van der Waals surface area contributed by atoms with E-state index in [-0.39, 0.29) is 12.4 Å². The van der Waals surface area contributed by atoms with E-state index in [0.29, 0.717) is 11.8 Å². The summed E-state index contributed by atoms with van der Waals surface area (Å²) in [6, 6.07) is 12.8. The van der Waals surface area contributed by atoms with Crippen LogP contribution < -0.4 is 5.32 Å². The van der Waals surface area contributed by atoms with Gasteiger partial charge in [-0.3, -0.25) is 0 Å². The Morgan fingerprint density at radius 3 is 2.35 bits per heavy atom. The molecule has 0 atom stereocenters. The van der Waals surface area contributed by atoms with Gasteiger partial charge in [0.2, 0.25) is 0 Å². The fourth-order valence-electron chi connectivity index (χ4n) is 2.98. The van der Waals surface area contributed by atoms with E-state index in [1.807, 2.05) is 24.3 Å². The van der Waals surface area contributed by atoms with Crippen molar-refractivity contribution in [3.8, 4) is 5.75 Å². The van der Waals surface area contributed by atoms with Gasteiger partial charge in [0.25, 0.3) is 0 Å². The summed E-state index contributed by atoms with van der Waals surface area (Å²) in [6.45, 7) is 0.765. The van der Waals surface area contributed by atoms with Crippen molar-refractivity contribution in [1.82, 2.24) is 5.32 Å². The van der Waals surface area contributed by atoms with Crippen molar-refractivity contribution >= 4 is 23.2 Å². The lowest BCUT2D eigenvalue weighted by Gasteiger charge is -2.23. The third-order valence-corrected chi connectivity index (χ3v) is 4.13. The quantitative estimate of drug-likeness (QED) is 0.879. The monoisotopic (exact) mass is 291 g/mol. The Morgan fingerprint density at radius 1 is 1.00 bits per heavy atom. The van der Waals surface area contributed by atoms with Gasteiger partial charge < -0.3 is 10.4 Å². The van der Waals surface area contributed by atoms with Gasteiger partial charge in [0.05, 0.1) is 0 Å². The molecule has 2 N–H and O–H groups in total. The van der Waals surface area contributed by atoms with Crippen LogP contribution >= 0.6 is 12.4 Å². The van der Waals surface area contributed by atoms with Gasteiger partial charge in [-0.15, -0.1) is 12.4 Å². The van der Waals surface area contributed by atoms with Crippen LogP contribution in [0.5, 0.6) is 5.75 Å². The zero-order valence-corrected chi connectivity index (χ0v) is 12.5. The van der Waals surface area contributed by atoms with Crippen LogP contribution in [0.1, 0.15) is 37.7 Å². The van der Waals surface area contributed by atoms with Gasteiger partial charge in [0.1, 0.15) is 5.75 Å². The molecule has 20 heavy (non-hydrogen) atoms. The number of fused-ring (bicyclic) bond motifs is 1. The third kappa shape index (κ3) is 3.44. The van der Waals surface area contributed by atoms with Gasteiger partial charge in [0.15, 0.2) is 0 Å². The maximum Gasteiger partial charge on any atom is 0.120 e. The van der Waals surface area contributed by atoms with Crippen LogP contribution in [0.3, 0.4) is 0 Å². The van der Waals surface area contributed by atoms with E-state index >= 15 is 0 Å². The van der Waals surface area contributed by atoms with E-state index in [1.54, 1.807) is 0 Å². The first kappa shape index (κ1) is 15.1. The molecule has 1 fully saturated rings. The Hall–Kier alpha value is -1.25. The molecule has 0 heterocycles. The fraction of sp³-hybridized carbons (Fsp3) is 0.412. The van der Waals surface area contributed by atoms with Crippen molar-refractivity contribution in [3.05, 3.63) is 42.0 Å². The van der Waals surface area contributed by atoms with E-state index in [1.165, 1.54) is 37.5 Å². The molecule has 0 spiro atoms. The Labute approximate surface area is 126 Å². The molecule has 1 aliphatic rings. The van der Waals surface area contributed by atoms with Crippen LogP contribution in [0.4, 0.5) is 0 Å². The summed E-state index contributed by atoms with van der Waals surface area (Å²) in [6.07, 6.45) is 6.59. The molecule has 1 saturated carbocycles. The summed E-state index contributed by atoms with van der Waals surface area (Å²) < 4.78 is 0. The topological polar surface area (TPSA) is 32.3 Å². The number of phenolic OH excluding ortho intramolecular Hbond substituents is 1. The summed E-state index contributed by atoms with van der Waals surface area (Å²) in [7, 11) is 0. The average Bonchev–Trinajstić information content (AvgIpc) is 2.46. The van der Waals surface area contributed by atoms with Crippen molar-refractivity contribution in [2.45, 2.75) is 44.7 Å². The maximum atomic E-state index is 10.1. The van der Waals surface area contributed by atoms with Crippen molar-refractivity contribution in [2.75, 3.05) is 0 Å². The number of phenols is 1. The van der Waals surface area contributed by atoms with Gasteiger partial charge in [-0.2, -0.15) is 0 Å². The number of hydrogen-bond acceptors (Lipinski definition) is 2. The van der Waals surface area contributed by atoms with E-state index in [2.05, 4.69) is 17.4 Å². The number of nitrogens with one attached hydrogen (secondary N) is 1. The number of rotatable bonds is 3. The van der Waals surface area contributed by atoms with Gasteiger partial charge in [-0.1, -0.05) is 43.5 Å². The number of aromatic hydroxyl groups is 1. The molecule has 108 valence electrons. The summed E-state index contributed by atoms with van der Waals surface area (Å²) in [5.41, 5.74) is 1.00. The molecule has 0 amide bonds. The summed E-state index contributed by atoms with van der Waals surface area (Å²) in [4.78, 5) is 0. The molecule has 0 unspecified atom stereocenters. The number of hydrogen-bond donors (Lipinski definition) is 2. The van der Waals surface area contributed by atoms with Crippen LogP contribution in [0, 0.1) is 0 Å². The van der Waals surface area contributed by atoms with Crippen molar-refractivity contribution < 1.29 is 5.11 Å². The molecular formula is C17H22ClNO. The van der Waals surface area contributed by atoms with E-state index in [4.69, 9.17) is 0 Å². The zero-order valence-electron chi connectivity index (χ0n) is 11.6. The molecular weight excluding hydrogens is 270 g/mol. The molecule has 2 nitrogen and oxygen atoms in total.